The molecule has 6 heteroatoms. The largest absolute Gasteiger partial charge is 0.300 e. The molecule has 1 saturated carbocycles. The Hall–Kier alpha value is -1.53. The molecule has 2 unspecified atom stereocenters. The van der Waals surface area contributed by atoms with Crippen LogP contribution in [0.2, 0.25) is 0 Å². The van der Waals surface area contributed by atoms with E-state index in [0.717, 1.165) is 31.0 Å². The molecule has 0 radical (unpaired) electrons. The number of nitrogens with zero attached hydrogens (tertiary/aromatic N) is 4. The van der Waals surface area contributed by atoms with Crippen molar-refractivity contribution in [1.29, 1.82) is 0 Å². The third-order valence-corrected chi connectivity index (χ3v) is 5.04. The first kappa shape index (κ1) is 13.2. The smallest absolute Gasteiger partial charge is 0.268 e. The normalized spacial score (nSPS) is 32.7. The molecule has 2 saturated heterocycles. The first-order valence-corrected chi connectivity index (χ1v) is 7.88. The van der Waals surface area contributed by atoms with Gasteiger partial charge in [0.2, 0.25) is 0 Å². The van der Waals surface area contributed by atoms with Gasteiger partial charge in [0, 0.05) is 31.5 Å². The molecule has 1 N–H and O–H groups in total. The average molecular weight is 287 g/mol. The fourth-order valence-corrected chi connectivity index (χ4v) is 3.97. The van der Waals surface area contributed by atoms with Crippen LogP contribution in [0.5, 0.6) is 0 Å². The van der Waals surface area contributed by atoms with E-state index in [1.807, 2.05) is 0 Å². The van der Waals surface area contributed by atoms with E-state index >= 15 is 0 Å². The van der Waals surface area contributed by atoms with Crippen LogP contribution in [0.4, 0.5) is 0 Å². The Kier molecular flexibility index (Phi) is 3.35. The van der Waals surface area contributed by atoms with Crippen molar-refractivity contribution in [1.82, 2.24) is 25.3 Å². The van der Waals surface area contributed by atoms with Gasteiger partial charge in [-0.15, -0.1) is 0 Å². The van der Waals surface area contributed by atoms with Gasteiger partial charge in [0.1, 0.15) is 6.33 Å². The first-order valence-electron chi connectivity index (χ1n) is 7.88. The van der Waals surface area contributed by atoms with Crippen LogP contribution < -0.4 is 5.43 Å². The quantitative estimate of drug-likeness (QED) is 0.879. The minimum Gasteiger partial charge on any atom is -0.300 e. The first-order chi connectivity index (χ1) is 10.3. The van der Waals surface area contributed by atoms with E-state index < -0.39 is 0 Å². The number of rotatable bonds is 3. The SMILES string of the molecule is O=C(NN1CC2C(C1)C2N1CCCCC1)c1cncnc1. The van der Waals surface area contributed by atoms with E-state index in [1.54, 1.807) is 12.4 Å². The minimum absolute atomic E-state index is 0.105. The van der Waals surface area contributed by atoms with Gasteiger partial charge in [-0.2, -0.15) is 0 Å². The third kappa shape index (κ3) is 2.53. The molecule has 0 aromatic carbocycles. The molecule has 21 heavy (non-hydrogen) atoms. The van der Waals surface area contributed by atoms with Gasteiger partial charge in [0.15, 0.2) is 0 Å². The lowest BCUT2D eigenvalue weighted by Gasteiger charge is -2.30. The number of piperidine rings is 2. The summed E-state index contributed by atoms with van der Waals surface area (Å²) < 4.78 is 0. The second kappa shape index (κ2) is 5.35. The number of nitrogens with one attached hydrogen (secondary N) is 1. The number of carbonyl (C=O) groups excluding carboxylic acids is 1. The van der Waals surface area contributed by atoms with Gasteiger partial charge < -0.3 is 0 Å². The van der Waals surface area contributed by atoms with Crippen LogP contribution in [-0.4, -0.2) is 58.0 Å². The van der Waals surface area contributed by atoms with E-state index in [1.165, 1.54) is 38.7 Å². The molecular weight excluding hydrogens is 266 g/mol. The molecule has 3 heterocycles. The van der Waals surface area contributed by atoms with Crippen molar-refractivity contribution in [2.75, 3.05) is 26.2 Å². The van der Waals surface area contributed by atoms with Crippen LogP contribution in [0.1, 0.15) is 29.6 Å². The Morgan fingerprint density at radius 2 is 1.76 bits per heavy atom. The molecule has 2 aliphatic heterocycles. The Morgan fingerprint density at radius 1 is 1.10 bits per heavy atom. The summed E-state index contributed by atoms with van der Waals surface area (Å²) in [5.74, 6) is 1.39. The fraction of sp³-hybridized carbons (Fsp3) is 0.667. The van der Waals surface area contributed by atoms with Gasteiger partial charge in [-0.25, -0.2) is 15.0 Å². The molecule has 0 spiro atoms. The Labute approximate surface area is 124 Å². The average Bonchev–Trinajstić information content (AvgIpc) is 3.05. The molecule has 2 atom stereocenters. The lowest BCUT2D eigenvalue weighted by molar-refractivity contribution is 0.0780. The van der Waals surface area contributed by atoms with Gasteiger partial charge in [0.05, 0.1) is 5.56 Å². The summed E-state index contributed by atoms with van der Waals surface area (Å²) in [6.45, 7) is 4.49. The monoisotopic (exact) mass is 287 g/mol. The number of aromatic nitrogens is 2. The summed E-state index contributed by atoms with van der Waals surface area (Å²) in [5.41, 5.74) is 3.49. The van der Waals surface area contributed by atoms with E-state index in [9.17, 15) is 4.79 Å². The maximum atomic E-state index is 12.1. The minimum atomic E-state index is -0.105. The molecule has 6 nitrogen and oxygen atoms in total. The predicted octanol–water partition coefficient (Wildman–Crippen LogP) is 0.537. The predicted molar refractivity (Wildman–Crippen MR) is 77.3 cm³/mol. The van der Waals surface area contributed by atoms with Crippen molar-refractivity contribution in [3.05, 3.63) is 24.3 Å². The van der Waals surface area contributed by atoms with Gasteiger partial charge in [-0.1, -0.05) is 6.42 Å². The Bertz CT molecular complexity index is 504. The summed E-state index contributed by atoms with van der Waals surface area (Å²) in [6, 6.07) is 0.776. The second-order valence-corrected chi connectivity index (χ2v) is 6.39. The molecule has 1 aromatic heterocycles. The van der Waals surface area contributed by atoms with Crippen LogP contribution >= 0.6 is 0 Å². The van der Waals surface area contributed by atoms with Crippen molar-refractivity contribution in [2.24, 2.45) is 11.8 Å². The number of amides is 1. The number of likely N-dealkylation sites (tertiary alicyclic amines) is 1. The lowest BCUT2D eigenvalue weighted by atomic mass is 10.1. The summed E-state index contributed by atoms with van der Waals surface area (Å²) in [7, 11) is 0. The Morgan fingerprint density at radius 3 is 2.43 bits per heavy atom. The highest BCUT2D eigenvalue weighted by atomic mass is 16.2. The topological polar surface area (TPSA) is 61.4 Å². The van der Waals surface area contributed by atoms with Gasteiger partial charge in [-0.3, -0.25) is 15.1 Å². The molecule has 1 amide bonds. The zero-order valence-electron chi connectivity index (χ0n) is 12.1. The molecule has 4 rings (SSSR count). The van der Waals surface area contributed by atoms with Crippen molar-refractivity contribution >= 4 is 5.91 Å². The molecule has 3 fully saturated rings. The molecule has 1 aliphatic carbocycles. The lowest BCUT2D eigenvalue weighted by Crippen LogP contribution is -2.45. The van der Waals surface area contributed by atoms with Crippen molar-refractivity contribution < 1.29 is 4.79 Å². The highest BCUT2D eigenvalue weighted by Gasteiger charge is 2.58. The zero-order chi connectivity index (χ0) is 14.2. The highest BCUT2D eigenvalue weighted by Crippen LogP contribution is 2.48. The fourth-order valence-electron chi connectivity index (χ4n) is 3.97. The highest BCUT2D eigenvalue weighted by molar-refractivity contribution is 5.93. The molecule has 112 valence electrons. The van der Waals surface area contributed by atoms with Crippen LogP contribution in [0.3, 0.4) is 0 Å². The number of carbonyl (C=O) groups is 1. The number of hydrogen-bond acceptors (Lipinski definition) is 5. The van der Waals surface area contributed by atoms with Crippen molar-refractivity contribution in [2.45, 2.75) is 25.3 Å². The maximum Gasteiger partial charge on any atom is 0.268 e. The van der Waals surface area contributed by atoms with Crippen molar-refractivity contribution in [3.63, 3.8) is 0 Å². The van der Waals surface area contributed by atoms with Crippen LogP contribution in [0, 0.1) is 11.8 Å². The van der Waals surface area contributed by atoms with E-state index in [2.05, 4.69) is 25.3 Å². The Balaban J connectivity index is 1.29. The summed E-state index contributed by atoms with van der Waals surface area (Å²) >= 11 is 0. The molecule has 1 aromatic rings. The molecule has 3 aliphatic rings. The summed E-state index contributed by atoms with van der Waals surface area (Å²) in [4.78, 5) is 22.5. The number of hydrazine groups is 1. The molecule has 0 bridgehead atoms. The van der Waals surface area contributed by atoms with E-state index in [0.29, 0.717) is 5.56 Å². The third-order valence-electron chi connectivity index (χ3n) is 5.04. The number of fused-ring (bicyclic) bond motifs is 1. The van der Waals surface area contributed by atoms with Gasteiger partial charge in [0.25, 0.3) is 5.91 Å². The van der Waals surface area contributed by atoms with Gasteiger partial charge in [-0.05, 0) is 37.8 Å². The standard InChI is InChI=1S/C15H21N5O/c21-15(11-6-16-10-17-7-11)18-20-8-12-13(9-20)14(12)19-4-2-1-3-5-19/h6-7,10,12-14H,1-5,8-9H2,(H,18,21). The van der Waals surface area contributed by atoms with Crippen molar-refractivity contribution in [3.8, 4) is 0 Å². The van der Waals surface area contributed by atoms with Crippen LogP contribution in [0.15, 0.2) is 18.7 Å². The van der Waals surface area contributed by atoms with Crippen LogP contribution in [0.25, 0.3) is 0 Å². The number of hydrogen-bond donors (Lipinski definition) is 1. The van der Waals surface area contributed by atoms with E-state index in [-0.39, 0.29) is 5.91 Å². The zero-order valence-corrected chi connectivity index (χ0v) is 12.1. The second-order valence-electron chi connectivity index (χ2n) is 6.39. The van der Waals surface area contributed by atoms with E-state index in [4.69, 9.17) is 0 Å². The molecular formula is C15H21N5O. The maximum absolute atomic E-state index is 12.1. The summed E-state index contributed by atoms with van der Waals surface area (Å²) in [6.07, 6.45) is 8.63. The summed E-state index contributed by atoms with van der Waals surface area (Å²) in [5, 5.41) is 2.06. The van der Waals surface area contributed by atoms with Gasteiger partial charge >= 0.3 is 0 Å². The van der Waals surface area contributed by atoms with Crippen LogP contribution in [-0.2, 0) is 0 Å².